The average molecular weight is 244 g/mol. The van der Waals surface area contributed by atoms with E-state index < -0.39 is 0 Å². The number of imidazole rings is 1. The summed E-state index contributed by atoms with van der Waals surface area (Å²) < 4.78 is 2.41. The van der Waals surface area contributed by atoms with Gasteiger partial charge >= 0.3 is 0 Å². The quantitative estimate of drug-likeness (QED) is 0.783. The van der Waals surface area contributed by atoms with Gasteiger partial charge in [-0.05, 0) is 18.1 Å². The van der Waals surface area contributed by atoms with Crippen LogP contribution in [0.3, 0.4) is 0 Å². The summed E-state index contributed by atoms with van der Waals surface area (Å²) in [6.45, 7) is 12.3. The predicted octanol–water partition coefficient (Wildman–Crippen LogP) is 4.38. The van der Waals surface area contributed by atoms with Crippen molar-refractivity contribution in [2.45, 2.75) is 53.0 Å². The molecule has 0 bridgehead atoms. The van der Waals surface area contributed by atoms with Crippen LogP contribution in [-0.4, -0.2) is 9.55 Å². The van der Waals surface area contributed by atoms with Gasteiger partial charge in [-0.15, -0.1) is 0 Å². The summed E-state index contributed by atoms with van der Waals surface area (Å²) in [4.78, 5) is 4.83. The van der Waals surface area contributed by atoms with Gasteiger partial charge < -0.3 is 4.57 Å². The fourth-order valence-electron chi connectivity index (χ4n) is 2.27. The Bertz CT molecular complexity index is 532. The molecule has 1 aromatic heterocycles. The molecule has 1 unspecified atom stereocenters. The molecule has 0 radical (unpaired) electrons. The maximum absolute atomic E-state index is 4.83. The third kappa shape index (κ3) is 2.43. The Labute approximate surface area is 110 Å². The minimum atomic E-state index is 0.0898. The van der Waals surface area contributed by atoms with Gasteiger partial charge in [-0.3, -0.25) is 0 Å². The van der Waals surface area contributed by atoms with E-state index in [9.17, 15) is 0 Å². The molecule has 0 aliphatic heterocycles. The predicted molar refractivity (Wildman–Crippen MR) is 77.9 cm³/mol. The lowest BCUT2D eigenvalue weighted by molar-refractivity contribution is 0.431. The summed E-state index contributed by atoms with van der Waals surface area (Å²) in [7, 11) is 0. The number of hydrogen-bond acceptors (Lipinski definition) is 1. The van der Waals surface area contributed by atoms with E-state index in [1.165, 1.54) is 17.8 Å². The third-order valence-electron chi connectivity index (χ3n) is 3.52. The van der Waals surface area contributed by atoms with Crippen molar-refractivity contribution in [3.05, 3.63) is 30.1 Å². The standard InChI is InChI=1S/C16H24N2/c1-6-12(2)11-18-14-10-8-7-9-13(14)17-15(18)16(3,4)5/h7-10,12H,6,11H2,1-5H3. The van der Waals surface area contributed by atoms with Crippen molar-refractivity contribution >= 4 is 11.0 Å². The Kier molecular flexibility index (Phi) is 3.47. The first-order chi connectivity index (χ1) is 8.43. The minimum absolute atomic E-state index is 0.0898. The van der Waals surface area contributed by atoms with E-state index in [-0.39, 0.29) is 5.41 Å². The maximum atomic E-state index is 4.83. The molecule has 1 atom stereocenters. The molecule has 2 heteroatoms. The minimum Gasteiger partial charge on any atom is -0.327 e. The van der Waals surface area contributed by atoms with Gasteiger partial charge in [0, 0.05) is 12.0 Å². The molecule has 2 rings (SSSR count). The number of para-hydroxylation sites is 2. The Morgan fingerprint density at radius 1 is 1.22 bits per heavy atom. The van der Waals surface area contributed by atoms with Crippen molar-refractivity contribution in [1.82, 2.24) is 9.55 Å². The van der Waals surface area contributed by atoms with E-state index in [4.69, 9.17) is 4.98 Å². The fourth-order valence-corrected chi connectivity index (χ4v) is 2.27. The number of rotatable bonds is 3. The number of hydrogen-bond donors (Lipinski definition) is 0. The topological polar surface area (TPSA) is 17.8 Å². The summed E-state index contributed by atoms with van der Waals surface area (Å²) in [5, 5.41) is 0. The Morgan fingerprint density at radius 2 is 1.89 bits per heavy atom. The van der Waals surface area contributed by atoms with Crippen LogP contribution in [-0.2, 0) is 12.0 Å². The molecule has 0 saturated carbocycles. The zero-order valence-corrected chi connectivity index (χ0v) is 12.2. The van der Waals surface area contributed by atoms with E-state index in [1.807, 2.05) is 0 Å². The molecule has 0 N–H and O–H groups in total. The molecular weight excluding hydrogens is 220 g/mol. The van der Waals surface area contributed by atoms with E-state index in [1.54, 1.807) is 0 Å². The molecule has 1 aromatic carbocycles. The van der Waals surface area contributed by atoms with Crippen molar-refractivity contribution in [3.8, 4) is 0 Å². The zero-order chi connectivity index (χ0) is 13.3. The molecular formula is C16H24N2. The Balaban J connectivity index is 2.58. The highest BCUT2D eigenvalue weighted by Gasteiger charge is 2.23. The van der Waals surface area contributed by atoms with Crippen molar-refractivity contribution < 1.29 is 0 Å². The van der Waals surface area contributed by atoms with Gasteiger partial charge in [-0.2, -0.15) is 0 Å². The number of fused-ring (bicyclic) bond motifs is 1. The van der Waals surface area contributed by atoms with E-state index in [0.717, 1.165) is 12.1 Å². The lowest BCUT2D eigenvalue weighted by atomic mass is 9.95. The average Bonchev–Trinajstić information content (AvgIpc) is 2.68. The summed E-state index contributed by atoms with van der Waals surface area (Å²) in [5.74, 6) is 1.88. The molecule has 2 aromatic rings. The third-order valence-corrected chi connectivity index (χ3v) is 3.52. The van der Waals surface area contributed by atoms with Crippen LogP contribution >= 0.6 is 0 Å². The summed E-state index contributed by atoms with van der Waals surface area (Å²) >= 11 is 0. The molecule has 0 spiro atoms. The number of aromatic nitrogens is 2. The fraction of sp³-hybridized carbons (Fsp3) is 0.562. The number of benzene rings is 1. The Hall–Kier alpha value is -1.31. The lowest BCUT2D eigenvalue weighted by Gasteiger charge is -2.22. The van der Waals surface area contributed by atoms with Crippen LogP contribution in [0.5, 0.6) is 0 Å². The smallest absolute Gasteiger partial charge is 0.115 e. The molecule has 0 aliphatic rings. The van der Waals surface area contributed by atoms with Crippen LogP contribution in [0.1, 0.15) is 46.9 Å². The van der Waals surface area contributed by atoms with E-state index >= 15 is 0 Å². The van der Waals surface area contributed by atoms with Crippen molar-refractivity contribution in [3.63, 3.8) is 0 Å². The second-order valence-corrected chi connectivity index (χ2v) is 6.30. The molecule has 2 nitrogen and oxygen atoms in total. The first kappa shape index (κ1) is 13.1. The van der Waals surface area contributed by atoms with Gasteiger partial charge in [0.05, 0.1) is 11.0 Å². The summed E-state index contributed by atoms with van der Waals surface area (Å²) in [5.41, 5.74) is 2.47. The van der Waals surface area contributed by atoms with Gasteiger partial charge in [-0.25, -0.2) is 4.98 Å². The van der Waals surface area contributed by atoms with Gasteiger partial charge in [0.15, 0.2) is 0 Å². The van der Waals surface area contributed by atoms with Crippen LogP contribution in [0.4, 0.5) is 0 Å². The second-order valence-electron chi connectivity index (χ2n) is 6.30. The first-order valence-corrected chi connectivity index (χ1v) is 6.89. The highest BCUT2D eigenvalue weighted by atomic mass is 15.1. The molecule has 0 saturated heterocycles. The van der Waals surface area contributed by atoms with Crippen LogP contribution in [0, 0.1) is 5.92 Å². The van der Waals surface area contributed by atoms with Crippen molar-refractivity contribution in [1.29, 1.82) is 0 Å². The van der Waals surface area contributed by atoms with Gasteiger partial charge in [0.1, 0.15) is 5.82 Å². The van der Waals surface area contributed by atoms with Crippen LogP contribution in [0.15, 0.2) is 24.3 Å². The van der Waals surface area contributed by atoms with Crippen LogP contribution in [0.2, 0.25) is 0 Å². The van der Waals surface area contributed by atoms with Gasteiger partial charge in [0.25, 0.3) is 0 Å². The first-order valence-electron chi connectivity index (χ1n) is 6.89. The molecule has 1 heterocycles. The van der Waals surface area contributed by atoms with Crippen molar-refractivity contribution in [2.75, 3.05) is 0 Å². The summed E-state index contributed by atoms with van der Waals surface area (Å²) in [6, 6.07) is 8.45. The number of nitrogens with zero attached hydrogens (tertiary/aromatic N) is 2. The highest BCUT2D eigenvalue weighted by Crippen LogP contribution is 2.27. The lowest BCUT2D eigenvalue weighted by Crippen LogP contribution is -2.21. The molecule has 0 aliphatic carbocycles. The molecule has 0 fully saturated rings. The monoisotopic (exact) mass is 244 g/mol. The van der Waals surface area contributed by atoms with E-state index in [0.29, 0.717) is 5.92 Å². The highest BCUT2D eigenvalue weighted by molar-refractivity contribution is 5.76. The molecule has 18 heavy (non-hydrogen) atoms. The normalized spacial score (nSPS) is 14.1. The van der Waals surface area contributed by atoms with E-state index in [2.05, 4.69) is 63.5 Å². The van der Waals surface area contributed by atoms with Crippen LogP contribution < -0.4 is 0 Å². The maximum Gasteiger partial charge on any atom is 0.115 e. The molecule has 98 valence electrons. The van der Waals surface area contributed by atoms with Gasteiger partial charge in [0.2, 0.25) is 0 Å². The second kappa shape index (κ2) is 4.75. The molecule has 0 amide bonds. The van der Waals surface area contributed by atoms with Crippen molar-refractivity contribution in [2.24, 2.45) is 5.92 Å². The van der Waals surface area contributed by atoms with Crippen LogP contribution in [0.25, 0.3) is 11.0 Å². The Morgan fingerprint density at radius 3 is 2.50 bits per heavy atom. The summed E-state index contributed by atoms with van der Waals surface area (Å²) in [6.07, 6.45) is 1.20. The van der Waals surface area contributed by atoms with Gasteiger partial charge in [-0.1, -0.05) is 53.2 Å². The zero-order valence-electron chi connectivity index (χ0n) is 12.2. The SMILES string of the molecule is CCC(C)Cn1c(C(C)(C)C)nc2ccccc21. The largest absolute Gasteiger partial charge is 0.327 e.